The highest BCUT2D eigenvalue weighted by Crippen LogP contribution is 2.24. The van der Waals surface area contributed by atoms with Gasteiger partial charge in [-0.3, -0.25) is 4.79 Å². The summed E-state index contributed by atoms with van der Waals surface area (Å²) in [5.41, 5.74) is 3.77. The number of hydrogen-bond acceptors (Lipinski definition) is 5. The molecule has 4 rings (SSSR count). The summed E-state index contributed by atoms with van der Waals surface area (Å²) in [7, 11) is -3.66. The highest BCUT2D eigenvalue weighted by atomic mass is 32.2. The zero-order chi connectivity index (χ0) is 23.9. The van der Waals surface area contributed by atoms with Crippen molar-refractivity contribution in [2.75, 3.05) is 13.1 Å². The Morgan fingerprint density at radius 1 is 1.12 bits per heavy atom. The van der Waals surface area contributed by atoms with Gasteiger partial charge >= 0.3 is 0 Å². The Labute approximate surface area is 198 Å². The molecule has 0 spiro atoms. The summed E-state index contributed by atoms with van der Waals surface area (Å²) in [6.07, 6.45) is -0.329. The van der Waals surface area contributed by atoms with Crippen molar-refractivity contribution in [1.82, 2.24) is 8.87 Å². The van der Waals surface area contributed by atoms with Gasteiger partial charge in [-0.1, -0.05) is 17.4 Å². The van der Waals surface area contributed by atoms with Crippen LogP contribution in [0.2, 0.25) is 0 Å². The molecule has 1 aliphatic heterocycles. The molecule has 2 aromatic carbocycles. The summed E-state index contributed by atoms with van der Waals surface area (Å²) < 4.78 is 36.3. The molecule has 0 radical (unpaired) electrons. The van der Waals surface area contributed by atoms with Crippen LogP contribution in [-0.2, 0) is 21.3 Å². The normalized spacial score (nSPS) is 20.5. The molecule has 1 saturated heterocycles. The van der Waals surface area contributed by atoms with Gasteiger partial charge in [-0.2, -0.15) is 9.30 Å². The standard InChI is InChI=1S/C24H29N3O4S2/c1-6-27-22-16(3)11-15(2)12-21(22)32-24(27)25-23(28)19-7-9-20(10-8-19)33(29,30)26-13-17(4)31-18(5)14-26/h7-12,17-18H,6,13-14H2,1-5H3. The van der Waals surface area contributed by atoms with Crippen LogP contribution >= 0.6 is 11.3 Å². The Morgan fingerprint density at radius 2 is 1.76 bits per heavy atom. The van der Waals surface area contributed by atoms with E-state index in [9.17, 15) is 13.2 Å². The van der Waals surface area contributed by atoms with Crippen LogP contribution in [0.5, 0.6) is 0 Å². The number of nitrogens with zero attached hydrogens (tertiary/aromatic N) is 3. The van der Waals surface area contributed by atoms with Gasteiger partial charge in [0.05, 0.1) is 27.3 Å². The Kier molecular flexibility index (Phi) is 6.59. The number of hydrogen-bond donors (Lipinski definition) is 0. The first kappa shape index (κ1) is 23.8. The molecule has 3 aromatic rings. The average molecular weight is 488 g/mol. The van der Waals surface area contributed by atoms with E-state index >= 15 is 0 Å². The molecule has 176 valence electrons. The van der Waals surface area contributed by atoms with E-state index in [-0.39, 0.29) is 17.1 Å². The number of morpholine rings is 1. The summed E-state index contributed by atoms with van der Waals surface area (Å²) in [6.45, 7) is 11.2. The van der Waals surface area contributed by atoms with E-state index in [2.05, 4.69) is 31.0 Å². The smallest absolute Gasteiger partial charge is 0.279 e. The van der Waals surface area contributed by atoms with Crippen LogP contribution in [0.1, 0.15) is 42.3 Å². The number of carbonyl (C=O) groups excluding carboxylic acids is 1. The quantitative estimate of drug-likeness (QED) is 0.559. The SMILES string of the molecule is CCn1c(=NC(=O)c2ccc(S(=O)(=O)N3CC(C)OC(C)C3)cc2)sc2cc(C)cc(C)c21. The van der Waals surface area contributed by atoms with E-state index in [0.717, 1.165) is 15.8 Å². The lowest BCUT2D eigenvalue weighted by Gasteiger charge is -2.34. The molecule has 0 aliphatic carbocycles. The number of fused-ring (bicyclic) bond motifs is 1. The predicted octanol–water partition coefficient (Wildman–Crippen LogP) is 3.88. The number of sulfonamides is 1. The Hall–Kier alpha value is -2.33. The topological polar surface area (TPSA) is 81.0 Å². The van der Waals surface area contributed by atoms with Crippen LogP contribution < -0.4 is 4.80 Å². The Bertz CT molecular complexity index is 1360. The lowest BCUT2D eigenvalue weighted by atomic mass is 10.1. The molecule has 2 heterocycles. The lowest BCUT2D eigenvalue weighted by Crippen LogP contribution is -2.48. The molecular weight excluding hydrogens is 458 g/mol. The zero-order valence-electron chi connectivity index (χ0n) is 19.5. The van der Waals surface area contributed by atoms with Crippen molar-refractivity contribution in [2.45, 2.75) is 58.3 Å². The summed E-state index contributed by atoms with van der Waals surface area (Å²) >= 11 is 1.49. The minimum atomic E-state index is -3.66. The van der Waals surface area contributed by atoms with Crippen LogP contribution in [0, 0.1) is 13.8 Å². The summed E-state index contributed by atoms with van der Waals surface area (Å²) in [4.78, 5) is 18.1. The maximum absolute atomic E-state index is 13.1. The Balaban J connectivity index is 1.64. The molecule has 9 heteroatoms. The van der Waals surface area contributed by atoms with Gasteiger partial charge in [0.25, 0.3) is 5.91 Å². The highest BCUT2D eigenvalue weighted by Gasteiger charge is 2.32. The molecule has 0 N–H and O–H groups in total. The first-order valence-corrected chi connectivity index (χ1v) is 13.3. The van der Waals surface area contributed by atoms with Crippen LogP contribution in [0.25, 0.3) is 10.2 Å². The fourth-order valence-corrected chi connectivity index (χ4v) is 7.23. The highest BCUT2D eigenvalue weighted by molar-refractivity contribution is 7.89. The maximum Gasteiger partial charge on any atom is 0.279 e. The van der Waals surface area contributed by atoms with Crippen molar-refractivity contribution >= 4 is 37.5 Å². The number of aromatic nitrogens is 1. The molecule has 1 amide bonds. The summed E-state index contributed by atoms with van der Waals surface area (Å²) in [6, 6.07) is 10.3. The second-order valence-corrected chi connectivity index (χ2v) is 11.5. The van der Waals surface area contributed by atoms with Gasteiger partial charge in [0.15, 0.2) is 4.80 Å². The van der Waals surface area contributed by atoms with Gasteiger partial charge in [-0.15, -0.1) is 0 Å². The van der Waals surface area contributed by atoms with Gasteiger partial charge in [0, 0.05) is 25.2 Å². The fraction of sp³-hybridized carbons (Fsp3) is 0.417. The monoisotopic (exact) mass is 487 g/mol. The van der Waals surface area contributed by atoms with Crippen molar-refractivity contribution in [3.8, 4) is 0 Å². The number of carbonyl (C=O) groups is 1. The molecular formula is C24H29N3O4S2. The molecule has 2 unspecified atom stereocenters. The van der Waals surface area contributed by atoms with Gasteiger partial charge in [0.2, 0.25) is 10.0 Å². The van der Waals surface area contributed by atoms with Gasteiger partial charge in [-0.05, 0) is 76.1 Å². The minimum Gasteiger partial charge on any atom is -0.373 e. The van der Waals surface area contributed by atoms with E-state index in [4.69, 9.17) is 4.74 Å². The molecule has 0 bridgehead atoms. The number of ether oxygens (including phenoxy) is 1. The fourth-order valence-electron chi connectivity index (χ4n) is 4.37. The summed E-state index contributed by atoms with van der Waals surface area (Å²) in [5, 5.41) is 0. The van der Waals surface area contributed by atoms with Crippen molar-refractivity contribution in [1.29, 1.82) is 0 Å². The van der Waals surface area contributed by atoms with Crippen LogP contribution in [-0.4, -0.2) is 48.5 Å². The van der Waals surface area contributed by atoms with E-state index in [1.165, 1.54) is 45.5 Å². The molecule has 1 aliphatic rings. The third-order valence-electron chi connectivity index (χ3n) is 5.75. The van der Waals surface area contributed by atoms with Crippen molar-refractivity contribution in [3.05, 3.63) is 57.9 Å². The van der Waals surface area contributed by atoms with E-state index in [1.807, 2.05) is 25.3 Å². The van der Waals surface area contributed by atoms with Crippen LogP contribution in [0.4, 0.5) is 0 Å². The average Bonchev–Trinajstić information content (AvgIpc) is 3.10. The van der Waals surface area contributed by atoms with E-state index in [1.54, 1.807) is 0 Å². The van der Waals surface area contributed by atoms with Crippen molar-refractivity contribution in [2.24, 2.45) is 4.99 Å². The van der Waals surface area contributed by atoms with E-state index < -0.39 is 15.9 Å². The predicted molar refractivity (Wildman–Crippen MR) is 130 cm³/mol. The van der Waals surface area contributed by atoms with Crippen LogP contribution in [0.3, 0.4) is 0 Å². The second kappa shape index (κ2) is 9.13. The number of thiazole rings is 1. The number of rotatable bonds is 4. The molecule has 1 aromatic heterocycles. The number of benzene rings is 2. The van der Waals surface area contributed by atoms with Gasteiger partial charge in [0.1, 0.15) is 0 Å². The van der Waals surface area contributed by atoms with Crippen molar-refractivity contribution < 1.29 is 17.9 Å². The minimum absolute atomic E-state index is 0.164. The summed E-state index contributed by atoms with van der Waals surface area (Å²) in [5.74, 6) is -0.393. The maximum atomic E-state index is 13.1. The first-order valence-electron chi connectivity index (χ1n) is 11.1. The molecule has 33 heavy (non-hydrogen) atoms. The Morgan fingerprint density at radius 3 is 2.36 bits per heavy atom. The van der Waals surface area contributed by atoms with Gasteiger partial charge in [-0.25, -0.2) is 8.42 Å². The number of amides is 1. The number of aryl methyl sites for hydroxylation is 3. The lowest BCUT2D eigenvalue weighted by molar-refractivity contribution is -0.0440. The molecule has 2 atom stereocenters. The third-order valence-corrected chi connectivity index (χ3v) is 8.62. The third kappa shape index (κ3) is 4.68. The van der Waals surface area contributed by atoms with Crippen LogP contribution in [0.15, 0.2) is 46.3 Å². The zero-order valence-corrected chi connectivity index (χ0v) is 21.2. The molecule has 1 fully saturated rings. The molecule has 7 nitrogen and oxygen atoms in total. The van der Waals surface area contributed by atoms with Crippen molar-refractivity contribution in [3.63, 3.8) is 0 Å². The van der Waals surface area contributed by atoms with Gasteiger partial charge < -0.3 is 9.30 Å². The largest absolute Gasteiger partial charge is 0.373 e. The first-order chi connectivity index (χ1) is 15.6. The van der Waals surface area contributed by atoms with E-state index in [0.29, 0.717) is 30.0 Å². The molecule has 0 saturated carbocycles. The second-order valence-electron chi connectivity index (χ2n) is 8.58.